The Morgan fingerprint density at radius 1 is 1.42 bits per heavy atom. The van der Waals surface area contributed by atoms with Crippen LogP contribution in [-0.2, 0) is 11.2 Å². The van der Waals surface area contributed by atoms with Gasteiger partial charge >= 0.3 is 5.97 Å². The molecule has 0 aliphatic heterocycles. The first-order valence-electron chi connectivity index (χ1n) is 6.12. The van der Waals surface area contributed by atoms with Crippen molar-refractivity contribution in [2.45, 2.75) is 32.6 Å². The first-order valence-corrected chi connectivity index (χ1v) is 6.12. The van der Waals surface area contributed by atoms with Crippen LogP contribution in [0.5, 0.6) is 0 Å². The molecule has 2 aromatic rings. The molecule has 19 heavy (non-hydrogen) atoms. The maximum absolute atomic E-state index is 10.4. The fourth-order valence-electron chi connectivity index (χ4n) is 1.74. The van der Waals surface area contributed by atoms with Crippen LogP contribution in [0.2, 0.25) is 0 Å². The third-order valence-corrected chi connectivity index (χ3v) is 2.76. The lowest BCUT2D eigenvalue weighted by molar-refractivity contribution is -0.137. The Bertz CT molecular complexity index is 566. The average Bonchev–Trinajstić information content (AvgIpc) is 2.83. The van der Waals surface area contributed by atoms with E-state index in [9.17, 15) is 4.79 Å². The van der Waals surface area contributed by atoms with Crippen LogP contribution in [0.25, 0.3) is 11.4 Å². The van der Waals surface area contributed by atoms with Crippen LogP contribution in [0.3, 0.4) is 0 Å². The highest BCUT2D eigenvalue weighted by Gasteiger charge is 2.10. The van der Waals surface area contributed by atoms with Gasteiger partial charge in [0.2, 0.25) is 11.7 Å². The number of carbonyl (C=O) groups is 1. The van der Waals surface area contributed by atoms with E-state index in [0.29, 0.717) is 24.6 Å². The second-order valence-corrected chi connectivity index (χ2v) is 4.30. The molecule has 6 heteroatoms. The molecular formula is C13H15N3O3. The van der Waals surface area contributed by atoms with E-state index < -0.39 is 5.97 Å². The Kier molecular flexibility index (Phi) is 4.22. The predicted octanol–water partition coefficient (Wildman–Crippen LogP) is 2.24. The summed E-state index contributed by atoms with van der Waals surface area (Å²) in [6.07, 6.45) is 5.54. The third kappa shape index (κ3) is 3.61. The summed E-state index contributed by atoms with van der Waals surface area (Å²) in [5.41, 5.74) is 1.89. The average molecular weight is 261 g/mol. The summed E-state index contributed by atoms with van der Waals surface area (Å²) < 4.78 is 5.15. The fourth-order valence-corrected chi connectivity index (χ4v) is 1.74. The van der Waals surface area contributed by atoms with Gasteiger partial charge in [-0.3, -0.25) is 9.78 Å². The minimum Gasteiger partial charge on any atom is -0.481 e. The molecule has 0 unspecified atom stereocenters. The Labute approximate surface area is 110 Å². The molecule has 0 saturated heterocycles. The molecule has 100 valence electrons. The highest BCUT2D eigenvalue weighted by Crippen LogP contribution is 2.19. The lowest BCUT2D eigenvalue weighted by atomic mass is 10.1. The quantitative estimate of drug-likeness (QED) is 0.802. The van der Waals surface area contributed by atoms with Crippen molar-refractivity contribution in [3.8, 4) is 11.4 Å². The van der Waals surface area contributed by atoms with Gasteiger partial charge in [0.15, 0.2) is 0 Å². The minimum atomic E-state index is -0.779. The smallest absolute Gasteiger partial charge is 0.303 e. The number of aliphatic carboxylic acids is 1. The van der Waals surface area contributed by atoms with Crippen molar-refractivity contribution in [2.75, 3.05) is 0 Å². The Morgan fingerprint density at radius 3 is 3.00 bits per heavy atom. The lowest BCUT2D eigenvalue weighted by Gasteiger charge is -1.97. The van der Waals surface area contributed by atoms with E-state index in [2.05, 4.69) is 15.1 Å². The molecule has 0 spiro atoms. The third-order valence-electron chi connectivity index (χ3n) is 2.76. The Morgan fingerprint density at radius 2 is 2.26 bits per heavy atom. The molecule has 2 rings (SSSR count). The van der Waals surface area contributed by atoms with E-state index in [0.717, 1.165) is 17.5 Å². The molecule has 0 radical (unpaired) electrons. The lowest BCUT2D eigenvalue weighted by Crippen LogP contribution is -1.95. The standard InChI is InChI=1S/C13H15N3O3/c1-9-8-14-7-6-10(9)13-15-11(19-16-13)4-2-3-5-12(17)18/h6-8H,2-5H2,1H3,(H,17,18). The van der Waals surface area contributed by atoms with E-state index in [4.69, 9.17) is 9.63 Å². The highest BCUT2D eigenvalue weighted by molar-refractivity contribution is 5.66. The highest BCUT2D eigenvalue weighted by atomic mass is 16.5. The summed E-state index contributed by atoms with van der Waals surface area (Å²) in [4.78, 5) is 18.7. The minimum absolute atomic E-state index is 0.171. The molecule has 6 nitrogen and oxygen atoms in total. The first kappa shape index (κ1) is 13.2. The van der Waals surface area contributed by atoms with Crippen molar-refractivity contribution in [1.82, 2.24) is 15.1 Å². The summed E-state index contributed by atoms with van der Waals surface area (Å²) in [6, 6.07) is 1.84. The molecule has 2 aromatic heterocycles. The number of unbranched alkanes of at least 4 members (excludes halogenated alkanes) is 1. The van der Waals surface area contributed by atoms with E-state index in [1.807, 2.05) is 13.0 Å². The zero-order valence-electron chi connectivity index (χ0n) is 10.7. The molecule has 0 amide bonds. The van der Waals surface area contributed by atoms with Gasteiger partial charge in [-0.1, -0.05) is 5.16 Å². The van der Waals surface area contributed by atoms with Crippen LogP contribution in [0.15, 0.2) is 23.0 Å². The molecule has 1 N–H and O–H groups in total. The number of pyridine rings is 1. The first-order chi connectivity index (χ1) is 9.16. The largest absolute Gasteiger partial charge is 0.481 e. The van der Waals surface area contributed by atoms with E-state index in [-0.39, 0.29) is 6.42 Å². The van der Waals surface area contributed by atoms with E-state index in [1.54, 1.807) is 12.4 Å². The van der Waals surface area contributed by atoms with Gasteiger partial charge in [0.1, 0.15) is 0 Å². The molecule has 0 saturated carbocycles. The molecule has 0 fully saturated rings. The molecular weight excluding hydrogens is 246 g/mol. The van der Waals surface area contributed by atoms with Gasteiger partial charge in [-0.2, -0.15) is 4.98 Å². The molecule has 0 aliphatic carbocycles. The van der Waals surface area contributed by atoms with Crippen LogP contribution in [0.1, 0.15) is 30.7 Å². The van der Waals surface area contributed by atoms with E-state index >= 15 is 0 Å². The molecule has 0 aromatic carbocycles. The van der Waals surface area contributed by atoms with Crippen LogP contribution in [0.4, 0.5) is 0 Å². The number of aromatic nitrogens is 3. The van der Waals surface area contributed by atoms with Crippen molar-refractivity contribution in [2.24, 2.45) is 0 Å². The van der Waals surface area contributed by atoms with Gasteiger partial charge in [0.25, 0.3) is 0 Å². The summed E-state index contributed by atoms with van der Waals surface area (Å²) in [6.45, 7) is 1.94. The molecule has 0 aliphatic rings. The van der Waals surface area contributed by atoms with Crippen molar-refractivity contribution in [1.29, 1.82) is 0 Å². The van der Waals surface area contributed by atoms with Crippen LogP contribution >= 0.6 is 0 Å². The maximum atomic E-state index is 10.4. The van der Waals surface area contributed by atoms with Crippen molar-refractivity contribution >= 4 is 5.97 Å². The second kappa shape index (κ2) is 6.08. The van der Waals surface area contributed by atoms with Gasteiger partial charge in [-0.25, -0.2) is 0 Å². The van der Waals surface area contributed by atoms with Crippen molar-refractivity contribution in [3.05, 3.63) is 29.9 Å². The number of carboxylic acids is 1. The number of hydrogen-bond acceptors (Lipinski definition) is 5. The van der Waals surface area contributed by atoms with Gasteiger partial charge in [0.05, 0.1) is 0 Å². The fraction of sp³-hybridized carbons (Fsp3) is 0.385. The molecule has 0 atom stereocenters. The topological polar surface area (TPSA) is 89.1 Å². The summed E-state index contributed by atoms with van der Waals surface area (Å²) in [5, 5.41) is 12.5. The number of rotatable bonds is 6. The van der Waals surface area contributed by atoms with Gasteiger partial charge in [-0.05, 0) is 31.4 Å². The van der Waals surface area contributed by atoms with Gasteiger partial charge < -0.3 is 9.63 Å². The van der Waals surface area contributed by atoms with Crippen LogP contribution in [0, 0.1) is 6.92 Å². The summed E-state index contributed by atoms with van der Waals surface area (Å²) in [7, 11) is 0. The Balaban J connectivity index is 1.96. The van der Waals surface area contributed by atoms with E-state index in [1.165, 1.54) is 0 Å². The van der Waals surface area contributed by atoms with Crippen LogP contribution < -0.4 is 0 Å². The second-order valence-electron chi connectivity index (χ2n) is 4.30. The zero-order chi connectivity index (χ0) is 13.7. The predicted molar refractivity (Wildman–Crippen MR) is 67.5 cm³/mol. The number of carboxylic acid groups (broad SMARTS) is 1. The van der Waals surface area contributed by atoms with Gasteiger partial charge in [0, 0.05) is 30.8 Å². The SMILES string of the molecule is Cc1cnccc1-c1noc(CCCCC(=O)O)n1. The maximum Gasteiger partial charge on any atom is 0.303 e. The van der Waals surface area contributed by atoms with Crippen molar-refractivity contribution < 1.29 is 14.4 Å². The zero-order valence-corrected chi connectivity index (χ0v) is 10.7. The molecule has 0 bridgehead atoms. The number of hydrogen-bond donors (Lipinski definition) is 1. The molecule has 2 heterocycles. The number of nitrogens with zero attached hydrogens (tertiary/aromatic N) is 3. The van der Waals surface area contributed by atoms with Crippen molar-refractivity contribution in [3.63, 3.8) is 0 Å². The summed E-state index contributed by atoms with van der Waals surface area (Å²) >= 11 is 0. The number of aryl methyl sites for hydroxylation is 2. The Hall–Kier alpha value is -2.24. The summed E-state index contributed by atoms with van der Waals surface area (Å²) in [5.74, 6) is 0.309. The van der Waals surface area contributed by atoms with Gasteiger partial charge in [-0.15, -0.1) is 0 Å². The monoisotopic (exact) mass is 261 g/mol. The van der Waals surface area contributed by atoms with Crippen LogP contribution in [-0.4, -0.2) is 26.2 Å². The normalized spacial score (nSPS) is 10.6.